The summed E-state index contributed by atoms with van der Waals surface area (Å²) in [5, 5.41) is 3.40. The van der Waals surface area contributed by atoms with Gasteiger partial charge in [-0.25, -0.2) is 0 Å². The third-order valence-electron chi connectivity index (χ3n) is 3.15. The summed E-state index contributed by atoms with van der Waals surface area (Å²) in [5.74, 6) is 1.27. The Balaban J connectivity index is 2.19. The maximum atomic E-state index is 12.0. The number of amides is 1. The molecule has 0 bridgehead atoms. The van der Waals surface area contributed by atoms with Gasteiger partial charge in [0.25, 0.3) is 5.91 Å². The normalized spacial score (nSPS) is 10.2. The number of nitrogens with one attached hydrogen (secondary N) is 1. The minimum Gasteiger partial charge on any atom is -0.493 e. The third kappa shape index (κ3) is 4.89. The van der Waals surface area contributed by atoms with Crippen LogP contribution in [0.25, 0.3) is 0 Å². The smallest absolute Gasteiger partial charge is 0.251 e. The Morgan fingerprint density at radius 3 is 2.65 bits per heavy atom. The predicted octanol–water partition coefficient (Wildman–Crippen LogP) is 4.07. The summed E-state index contributed by atoms with van der Waals surface area (Å²) in [6.07, 6.45) is 0. The van der Waals surface area contributed by atoms with Crippen molar-refractivity contribution in [3.05, 3.63) is 58.6 Å². The average molecular weight is 334 g/mol. The summed E-state index contributed by atoms with van der Waals surface area (Å²) in [6.45, 7) is 5.23. The number of carbonyl (C=O) groups excluding carboxylic acids is 1. The molecule has 4 nitrogen and oxygen atoms in total. The fourth-order valence-corrected chi connectivity index (χ4v) is 2.29. The van der Waals surface area contributed by atoms with Crippen LogP contribution in [0.3, 0.4) is 0 Å². The summed E-state index contributed by atoms with van der Waals surface area (Å²) in [4.78, 5) is 12.0. The standard InChI is InChI=1S/C18H20ClNO3/c1-3-20-18(21)13-8-9-17(22-4-2)14(10-13)12-23-16-7-5-6-15(19)11-16/h5-11H,3-4,12H2,1-2H3,(H,20,21). The number of hydrogen-bond donors (Lipinski definition) is 1. The van der Waals surface area contributed by atoms with E-state index in [4.69, 9.17) is 21.1 Å². The van der Waals surface area contributed by atoms with E-state index in [9.17, 15) is 4.79 Å². The van der Waals surface area contributed by atoms with Crippen molar-refractivity contribution >= 4 is 17.5 Å². The molecule has 2 rings (SSSR count). The Bertz CT molecular complexity index is 673. The SMILES string of the molecule is CCNC(=O)c1ccc(OCC)c(COc2cccc(Cl)c2)c1. The highest BCUT2D eigenvalue weighted by molar-refractivity contribution is 6.30. The Kier molecular flexibility index (Phi) is 6.29. The van der Waals surface area contributed by atoms with E-state index < -0.39 is 0 Å². The lowest BCUT2D eigenvalue weighted by Gasteiger charge is -2.13. The average Bonchev–Trinajstić information content (AvgIpc) is 2.54. The Labute approximate surface area is 141 Å². The quantitative estimate of drug-likeness (QED) is 0.831. The van der Waals surface area contributed by atoms with Gasteiger partial charge in [-0.05, 0) is 50.2 Å². The number of hydrogen-bond acceptors (Lipinski definition) is 3. The highest BCUT2D eigenvalue weighted by Gasteiger charge is 2.11. The molecule has 2 aromatic carbocycles. The largest absolute Gasteiger partial charge is 0.493 e. The summed E-state index contributed by atoms with van der Waals surface area (Å²) >= 11 is 5.95. The van der Waals surface area contributed by atoms with Crippen LogP contribution in [-0.4, -0.2) is 19.1 Å². The molecule has 0 radical (unpaired) electrons. The summed E-state index contributed by atoms with van der Waals surface area (Å²) in [5.41, 5.74) is 1.40. The molecule has 1 amide bonds. The van der Waals surface area contributed by atoms with E-state index in [0.29, 0.717) is 41.8 Å². The molecule has 0 unspecified atom stereocenters. The van der Waals surface area contributed by atoms with Crippen molar-refractivity contribution in [3.63, 3.8) is 0 Å². The molecule has 0 heterocycles. The van der Waals surface area contributed by atoms with Crippen LogP contribution >= 0.6 is 11.6 Å². The molecule has 23 heavy (non-hydrogen) atoms. The van der Waals surface area contributed by atoms with Crippen LogP contribution in [0.1, 0.15) is 29.8 Å². The van der Waals surface area contributed by atoms with Crippen molar-refractivity contribution in [2.45, 2.75) is 20.5 Å². The Morgan fingerprint density at radius 1 is 1.13 bits per heavy atom. The highest BCUT2D eigenvalue weighted by atomic mass is 35.5. The monoisotopic (exact) mass is 333 g/mol. The van der Waals surface area contributed by atoms with E-state index in [0.717, 1.165) is 5.56 Å². The molecule has 0 aromatic heterocycles. The second-order valence-corrected chi connectivity index (χ2v) is 5.30. The van der Waals surface area contributed by atoms with Gasteiger partial charge in [-0.15, -0.1) is 0 Å². The van der Waals surface area contributed by atoms with Gasteiger partial charge in [-0.2, -0.15) is 0 Å². The second-order valence-electron chi connectivity index (χ2n) is 4.86. The summed E-state index contributed by atoms with van der Waals surface area (Å²) in [7, 11) is 0. The van der Waals surface area contributed by atoms with Crippen molar-refractivity contribution in [2.75, 3.05) is 13.2 Å². The molecule has 0 fully saturated rings. The Hall–Kier alpha value is -2.20. The molecule has 5 heteroatoms. The fraction of sp³-hybridized carbons (Fsp3) is 0.278. The van der Waals surface area contributed by atoms with Gasteiger partial charge in [0.05, 0.1) is 6.61 Å². The molecule has 0 saturated carbocycles. The topological polar surface area (TPSA) is 47.6 Å². The number of rotatable bonds is 7. The molecular weight excluding hydrogens is 314 g/mol. The van der Waals surface area contributed by atoms with Gasteiger partial charge < -0.3 is 14.8 Å². The zero-order valence-electron chi connectivity index (χ0n) is 13.3. The van der Waals surface area contributed by atoms with Gasteiger partial charge in [0, 0.05) is 22.7 Å². The molecule has 122 valence electrons. The Morgan fingerprint density at radius 2 is 1.96 bits per heavy atom. The first kappa shape index (κ1) is 17.2. The highest BCUT2D eigenvalue weighted by Crippen LogP contribution is 2.24. The fourth-order valence-electron chi connectivity index (χ4n) is 2.11. The summed E-state index contributed by atoms with van der Waals surface area (Å²) < 4.78 is 11.4. The maximum absolute atomic E-state index is 12.0. The number of halogens is 1. The van der Waals surface area contributed by atoms with E-state index >= 15 is 0 Å². The predicted molar refractivity (Wildman–Crippen MR) is 91.4 cm³/mol. The van der Waals surface area contributed by atoms with Gasteiger partial charge in [-0.1, -0.05) is 17.7 Å². The van der Waals surface area contributed by atoms with E-state index in [2.05, 4.69) is 5.32 Å². The first-order valence-corrected chi connectivity index (χ1v) is 7.94. The molecule has 0 spiro atoms. The molecule has 2 aromatic rings. The van der Waals surface area contributed by atoms with E-state index in [1.807, 2.05) is 26.0 Å². The zero-order valence-corrected chi connectivity index (χ0v) is 14.0. The molecular formula is C18H20ClNO3. The van der Waals surface area contributed by atoms with E-state index in [-0.39, 0.29) is 5.91 Å². The molecule has 0 aliphatic heterocycles. The lowest BCUT2D eigenvalue weighted by atomic mass is 10.1. The lowest BCUT2D eigenvalue weighted by Crippen LogP contribution is -2.22. The van der Waals surface area contributed by atoms with Crippen LogP contribution in [0, 0.1) is 0 Å². The number of benzene rings is 2. The second kappa shape index (κ2) is 8.44. The minimum absolute atomic E-state index is 0.112. The van der Waals surface area contributed by atoms with Crippen LogP contribution in [0.15, 0.2) is 42.5 Å². The number of ether oxygens (including phenoxy) is 2. The van der Waals surface area contributed by atoms with Gasteiger partial charge in [-0.3, -0.25) is 4.79 Å². The van der Waals surface area contributed by atoms with Crippen LogP contribution in [0.5, 0.6) is 11.5 Å². The summed E-state index contributed by atoms with van der Waals surface area (Å²) in [6, 6.07) is 12.5. The zero-order chi connectivity index (χ0) is 16.7. The first-order chi connectivity index (χ1) is 11.1. The van der Waals surface area contributed by atoms with Crippen LogP contribution in [-0.2, 0) is 6.61 Å². The van der Waals surface area contributed by atoms with E-state index in [1.54, 1.807) is 30.3 Å². The minimum atomic E-state index is -0.112. The van der Waals surface area contributed by atoms with Crippen molar-refractivity contribution in [1.29, 1.82) is 0 Å². The lowest BCUT2D eigenvalue weighted by molar-refractivity contribution is 0.0955. The van der Waals surface area contributed by atoms with E-state index in [1.165, 1.54) is 0 Å². The first-order valence-electron chi connectivity index (χ1n) is 7.56. The van der Waals surface area contributed by atoms with Gasteiger partial charge in [0.1, 0.15) is 18.1 Å². The van der Waals surface area contributed by atoms with Gasteiger partial charge in [0.2, 0.25) is 0 Å². The maximum Gasteiger partial charge on any atom is 0.251 e. The van der Waals surface area contributed by atoms with Crippen LogP contribution < -0.4 is 14.8 Å². The number of carbonyl (C=O) groups is 1. The van der Waals surface area contributed by atoms with Crippen molar-refractivity contribution in [3.8, 4) is 11.5 Å². The van der Waals surface area contributed by atoms with Gasteiger partial charge in [0.15, 0.2) is 0 Å². The molecule has 0 aliphatic rings. The third-order valence-corrected chi connectivity index (χ3v) is 3.39. The van der Waals surface area contributed by atoms with Crippen molar-refractivity contribution in [2.24, 2.45) is 0 Å². The van der Waals surface area contributed by atoms with Crippen molar-refractivity contribution in [1.82, 2.24) is 5.32 Å². The molecule has 1 N–H and O–H groups in total. The van der Waals surface area contributed by atoms with Crippen molar-refractivity contribution < 1.29 is 14.3 Å². The van der Waals surface area contributed by atoms with Crippen LogP contribution in [0.2, 0.25) is 5.02 Å². The van der Waals surface area contributed by atoms with Gasteiger partial charge >= 0.3 is 0 Å². The molecule has 0 atom stereocenters. The molecule has 0 saturated heterocycles. The van der Waals surface area contributed by atoms with Crippen LogP contribution in [0.4, 0.5) is 0 Å². The molecule has 0 aliphatic carbocycles.